The Morgan fingerprint density at radius 2 is 2.00 bits per heavy atom. The van der Waals surface area contributed by atoms with E-state index in [2.05, 4.69) is 22.2 Å². The topological polar surface area (TPSA) is 59.6 Å². The van der Waals surface area contributed by atoms with Crippen LogP contribution in [0.25, 0.3) is 0 Å². The van der Waals surface area contributed by atoms with Crippen molar-refractivity contribution in [2.45, 2.75) is 12.2 Å². The van der Waals surface area contributed by atoms with Crippen molar-refractivity contribution in [1.29, 1.82) is 0 Å². The molecule has 1 heterocycles. The van der Waals surface area contributed by atoms with Crippen LogP contribution in [0.15, 0.2) is 47.5 Å². The molecule has 0 saturated heterocycles. The van der Waals surface area contributed by atoms with Gasteiger partial charge < -0.3 is 15.8 Å². The standard InChI is InChI=1S/C18H15ClFN3O/c1-24-12-8-5-11(6-9-12)7-10-15-17(21)23-18(22-15)16-13(19)3-2-4-14(16)20/h2-6,8-9,15,17H,21H2,1H3,(H,22,23). The van der Waals surface area contributed by atoms with Gasteiger partial charge in [-0.1, -0.05) is 29.5 Å². The molecule has 0 radical (unpaired) electrons. The van der Waals surface area contributed by atoms with Crippen molar-refractivity contribution in [2.24, 2.45) is 10.7 Å². The van der Waals surface area contributed by atoms with Gasteiger partial charge in [-0.3, -0.25) is 0 Å². The molecule has 3 rings (SSSR count). The lowest BCUT2D eigenvalue weighted by molar-refractivity contribution is 0.415. The summed E-state index contributed by atoms with van der Waals surface area (Å²) in [5, 5.41) is 3.31. The molecule has 4 nitrogen and oxygen atoms in total. The first-order valence-corrected chi connectivity index (χ1v) is 7.66. The van der Waals surface area contributed by atoms with Gasteiger partial charge in [0.25, 0.3) is 0 Å². The van der Waals surface area contributed by atoms with Crippen molar-refractivity contribution < 1.29 is 9.13 Å². The molecular weight excluding hydrogens is 329 g/mol. The van der Waals surface area contributed by atoms with Crippen molar-refractivity contribution >= 4 is 17.4 Å². The number of nitrogens with one attached hydrogen (secondary N) is 1. The van der Waals surface area contributed by atoms with Crippen LogP contribution in [0.4, 0.5) is 4.39 Å². The van der Waals surface area contributed by atoms with E-state index >= 15 is 0 Å². The molecule has 0 bridgehead atoms. The molecule has 2 aromatic carbocycles. The molecule has 24 heavy (non-hydrogen) atoms. The van der Waals surface area contributed by atoms with Crippen molar-refractivity contribution in [2.75, 3.05) is 7.11 Å². The van der Waals surface area contributed by atoms with E-state index in [4.69, 9.17) is 22.1 Å². The molecule has 0 spiro atoms. The Bertz CT molecular complexity index is 819. The number of nitrogens with two attached hydrogens (primary N) is 1. The van der Waals surface area contributed by atoms with Crippen LogP contribution in [0, 0.1) is 17.7 Å². The van der Waals surface area contributed by atoms with Gasteiger partial charge in [0, 0.05) is 5.56 Å². The molecule has 2 atom stereocenters. The van der Waals surface area contributed by atoms with Gasteiger partial charge in [-0.25, -0.2) is 9.38 Å². The van der Waals surface area contributed by atoms with Crippen LogP contribution in [-0.2, 0) is 0 Å². The second-order valence-electron chi connectivity index (χ2n) is 5.18. The fraction of sp³-hybridized carbons (Fsp3) is 0.167. The molecule has 1 aliphatic rings. The highest BCUT2D eigenvalue weighted by molar-refractivity contribution is 6.34. The second-order valence-corrected chi connectivity index (χ2v) is 5.59. The van der Waals surface area contributed by atoms with E-state index in [-0.39, 0.29) is 10.6 Å². The van der Waals surface area contributed by atoms with Gasteiger partial charge in [0.15, 0.2) is 0 Å². The molecule has 2 unspecified atom stereocenters. The molecule has 0 amide bonds. The molecule has 3 N–H and O–H groups in total. The number of benzene rings is 2. The Labute approximate surface area is 144 Å². The van der Waals surface area contributed by atoms with Crippen LogP contribution in [0.1, 0.15) is 11.1 Å². The fourth-order valence-corrected chi connectivity index (χ4v) is 2.56. The monoisotopic (exact) mass is 343 g/mol. The van der Waals surface area contributed by atoms with Crippen LogP contribution in [0.3, 0.4) is 0 Å². The molecular formula is C18H15ClFN3O. The number of ether oxygens (including phenoxy) is 1. The van der Waals surface area contributed by atoms with Crippen LogP contribution >= 0.6 is 11.6 Å². The van der Waals surface area contributed by atoms with Gasteiger partial charge in [0.1, 0.15) is 29.6 Å². The van der Waals surface area contributed by atoms with Crippen molar-refractivity contribution in [3.05, 3.63) is 64.4 Å². The average Bonchev–Trinajstić information content (AvgIpc) is 2.94. The maximum atomic E-state index is 14.0. The first kappa shape index (κ1) is 16.3. The molecule has 6 heteroatoms. The van der Waals surface area contributed by atoms with E-state index < -0.39 is 18.0 Å². The zero-order valence-electron chi connectivity index (χ0n) is 12.9. The van der Waals surface area contributed by atoms with Gasteiger partial charge in [0.2, 0.25) is 0 Å². The molecule has 0 fully saturated rings. The lowest BCUT2D eigenvalue weighted by Crippen LogP contribution is -2.38. The molecule has 0 aliphatic carbocycles. The Morgan fingerprint density at radius 3 is 2.67 bits per heavy atom. The molecule has 0 aromatic heterocycles. The average molecular weight is 344 g/mol. The third-order valence-corrected chi connectivity index (χ3v) is 3.89. The number of nitrogens with zero attached hydrogens (tertiary/aromatic N) is 1. The second kappa shape index (κ2) is 6.91. The van der Waals surface area contributed by atoms with E-state index in [1.807, 2.05) is 24.3 Å². The van der Waals surface area contributed by atoms with Crippen LogP contribution in [-0.4, -0.2) is 25.2 Å². The molecule has 122 valence electrons. The van der Waals surface area contributed by atoms with E-state index in [1.165, 1.54) is 12.1 Å². The number of hydrogen-bond donors (Lipinski definition) is 2. The predicted octanol–water partition coefficient (Wildman–Crippen LogP) is 2.54. The Morgan fingerprint density at radius 1 is 1.25 bits per heavy atom. The summed E-state index contributed by atoms with van der Waals surface area (Å²) < 4.78 is 19.1. The number of rotatable bonds is 2. The zero-order chi connectivity index (χ0) is 17.1. The number of amidine groups is 1. The van der Waals surface area contributed by atoms with Crippen molar-refractivity contribution in [1.82, 2.24) is 5.32 Å². The largest absolute Gasteiger partial charge is 0.497 e. The lowest BCUT2D eigenvalue weighted by atomic mass is 10.1. The van der Waals surface area contributed by atoms with Crippen molar-refractivity contribution in [3.8, 4) is 17.6 Å². The van der Waals surface area contributed by atoms with Gasteiger partial charge >= 0.3 is 0 Å². The summed E-state index contributed by atoms with van der Waals surface area (Å²) in [6.07, 6.45) is -0.596. The van der Waals surface area contributed by atoms with Gasteiger partial charge in [-0.05, 0) is 36.4 Å². The van der Waals surface area contributed by atoms with E-state index in [1.54, 1.807) is 13.2 Å². The van der Waals surface area contributed by atoms with E-state index in [0.29, 0.717) is 5.84 Å². The van der Waals surface area contributed by atoms with E-state index in [0.717, 1.165) is 11.3 Å². The first-order valence-electron chi connectivity index (χ1n) is 7.28. The van der Waals surface area contributed by atoms with Crippen LogP contribution in [0.2, 0.25) is 5.02 Å². The Hall–Kier alpha value is -2.55. The summed E-state index contributed by atoms with van der Waals surface area (Å²) in [5.41, 5.74) is 7.01. The summed E-state index contributed by atoms with van der Waals surface area (Å²) in [4.78, 5) is 4.24. The van der Waals surface area contributed by atoms with E-state index in [9.17, 15) is 4.39 Å². The third kappa shape index (κ3) is 3.35. The smallest absolute Gasteiger partial charge is 0.135 e. The minimum Gasteiger partial charge on any atom is -0.497 e. The Balaban J connectivity index is 1.78. The summed E-state index contributed by atoms with van der Waals surface area (Å²) in [6.45, 7) is 0. The maximum absolute atomic E-state index is 14.0. The number of methoxy groups -OCH3 is 1. The molecule has 1 aliphatic heterocycles. The quantitative estimate of drug-likeness (QED) is 0.824. The molecule has 2 aromatic rings. The van der Waals surface area contributed by atoms with Crippen LogP contribution in [0.5, 0.6) is 5.75 Å². The SMILES string of the molecule is COc1ccc(C#CC2NC(c3c(F)cccc3Cl)=NC2N)cc1. The number of halogens is 2. The highest BCUT2D eigenvalue weighted by atomic mass is 35.5. The lowest BCUT2D eigenvalue weighted by Gasteiger charge is -2.09. The third-order valence-electron chi connectivity index (χ3n) is 3.57. The normalized spacial score (nSPS) is 19.1. The fourth-order valence-electron chi connectivity index (χ4n) is 2.31. The number of aliphatic imine (C=N–C) groups is 1. The maximum Gasteiger partial charge on any atom is 0.135 e. The van der Waals surface area contributed by atoms with Gasteiger partial charge in [-0.15, -0.1) is 0 Å². The predicted molar refractivity (Wildman–Crippen MR) is 92.7 cm³/mol. The van der Waals surface area contributed by atoms with Crippen molar-refractivity contribution in [3.63, 3.8) is 0 Å². The minimum atomic E-state index is -0.596. The number of hydrogen-bond acceptors (Lipinski definition) is 4. The minimum absolute atomic E-state index is 0.211. The Kier molecular flexibility index (Phi) is 4.70. The highest BCUT2D eigenvalue weighted by Gasteiger charge is 2.27. The van der Waals surface area contributed by atoms with Gasteiger partial charge in [0.05, 0.1) is 17.7 Å². The zero-order valence-corrected chi connectivity index (χ0v) is 13.6. The summed E-state index contributed by atoms with van der Waals surface area (Å²) >= 11 is 6.06. The first-order chi connectivity index (χ1) is 11.6. The summed E-state index contributed by atoms with van der Waals surface area (Å²) in [5.74, 6) is 6.66. The summed E-state index contributed by atoms with van der Waals surface area (Å²) in [6, 6.07) is 11.4. The van der Waals surface area contributed by atoms with Crippen LogP contribution < -0.4 is 15.8 Å². The summed E-state index contributed by atoms with van der Waals surface area (Å²) in [7, 11) is 1.61. The van der Waals surface area contributed by atoms with Gasteiger partial charge in [-0.2, -0.15) is 0 Å². The highest BCUT2D eigenvalue weighted by Crippen LogP contribution is 2.21. The molecule has 0 saturated carbocycles.